The number of halogens is 1. The first-order chi connectivity index (χ1) is 11.4. The van der Waals surface area contributed by atoms with Crippen molar-refractivity contribution in [2.24, 2.45) is 0 Å². The van der Waals surface area contributed by atoms with Crippen molar-refractivity contribution < 1.29 is 9.53 Å². The summed E-state index contributed by atoms with van der Waals surface area (Å²) in [6.07, 6.45) is 0. The summed E-state index contributed by atoms with van der Waals surface area (Å²) in [5.74, 6) is 0.733. The Morgan fingerprint density at radius 2 is 1.92 bits per heavy atom. The molecule has 0 spiro atoms. The van der Waals surface area contributed by atoms with E-state index in [9.17, 15) is 4.79 Å². The number of aryl methyl sites for hydroxylation is 2. The highest BCUT2D eigenvalue weighted by molar-refractivity contribution is 9.10. The minimum atomic E-state index is -0.0577. The second-order valence-corrected chi connectivity index (χ2v) is 6.70. The number of hydrogen-bond donors (Lipinski definition) is 2. The second kappa shape index (κ2) is 8.31. The van der Waals surface area contributed by atoms with Crippen molar-refractivity contribution in [3.63, 3.8) is 0 Å². The number of carbonyl (C=O) groups excluding carboxylic acids is 1. The van der Waals surface area contributed by atoms with E-state index in [4.69, 9.17) is 4.74 Å². The number of hydrogen-bond acceptors (Lipinski definition) is 3. The molecule has 2 N–H and O–H groups in total. The van der Waals surface area contributed by atoms with Crippen LogP contribution in [0.1, 0.15) is 29.7 Å². The fourth-order valence-corrected chi connectivity index (χ4v) is 2.90. The molecule has 1 amide bonds. The van der Waals surface area contributed by atoms with Crippen LogP contribution in [0.2, 0.25) is 0 Å². The average Bonchev–Trinajstić information content (AvgIpc) is 2.56. The molecule has 5 heteroatoms. The third-order valence-electron chi connectivity index (χ3n) is 4.04. The second-order valence-electron chi connectivity index (χ2n) is 5.84. The molecule has 0 radical (unpaired) electrons. The first-order valence-corrected chi connectivity index (χ1v) is 8.64. The summed E-state index contributed by atoms with van der Waals surface area (Å²) in [5, 5.41) is 6.15. The third kappa shape index (κ3) is 4.82. The molecule has 0 unspecified atom stereocenters. The number of ether oxygens (including phenoxy) is 1. The van der Waals surface area contributed by atoms with E-state index in [-0.39, 0.29) is 18.5 Å². The lowest BCUT2D eigenvalue weighted by Crippen LogP contribution is -2.30. The Morgan fingerprint density at radius 1 is 1.17 bits per heavy atom. The Kier molecular flexibility index (Phi) is 6.40. The maximum atomic E-state index is 12.1. The molecule has 0 bridgehead atoms. The first kappa shape index (κ1) is 18.5. The number of methoxy groups -OCH3 is 1. The van der Waals surface area contributed by atoms with Gasteiger partial charge in [0.15, 0.2) is 0 Å². The number of anilines is 1. The molecule has 0 heterocycles. The Morgan fingerprint density at radius 3 is 2.54 bits per heavy atom. The van der Waals surface area contributed by atoms with E-state index in [0.717, 1.165) is 27.0 Å². The molecule has 4 nitrogen and oxygen atoms in total. The number of benzene rings is 2. The molecule has 24 heavy (non-hydrogen) atoms. The topological polar surface area (TPSA) is 50.4 Å². The van der Waals surface area contributed by atoms with Crippen molar-refractivity contribution in [1.82, 2.24) is 5.32 Å². The molecular formula is C19H23BrN2O2. The van der Waals surface area contributed by atoms with Crippen LogP contribution in [0.15, 0.2) is 40.9 Å². The summed E-state index contributed by atoms with van der Waals surface area (Å²) in [7, 11) is 1.64. The molecule has 0 aliphatic carbocycles. The fourth-order valence-electron chi connectivity index (χ4n) is 2.34. The Labute approximate surface area is 151 Å². The van der Waals surface area contributed by atoms with Crippen LogP contribution in [0.3, 0.4) is 0 Å². The predicted octanol–water partition coefficient (Wildman–Crippen LogP) is 4.36. The molecule has 128 valence electrons. The van der Waals surface area contributed by atoms with Gasteiger partial charge >= 0.3 is 0 Å². The van der Waals surface area contributed by atoms with Crippen LogP contribution in [0.5, 0.6) is 5.75 Å². The van der Waals surface area contributed by atoms with Crippen molar-refractivity contribution in [3.05, 3.63) is 57.6 Å². The lowest BCUT2D eigenvalue weighted by molar-refractivity contribution is -0.115. The maximum Gasteiger partial charge on any atom is 0.238 e. The zero-order chi connectivity index (χ0) is 17.7. The van der Waals surface area contributed by atoms with Crippen molar-refractivity contribution in [3.8, 4) is 5.75 Å². The predicted molar refractivity (Wildman–Crippen MR) is 102 cm³/mol. The zero-order valence-corrected chi connectivity index (χ0v) is 16.0. The highest BCUT2D eigenvalue weighted by atomic mass is 79.9. The van der Waals surface area contributed by atoms with Gasteiger partial charge in [-0.1, -0.05) is 12.1 Å². The molecule has 1 atom stereocenters. The van der Waals surface area contributed by atoms with Crippen LogP contribution >= 0.6 is 15.9 Å². The van der Waals surface area contributed by atoms with E-state index in [2.05, 4.69) is 33.5 Å². The van der Waals surface area contributed by atoms with Gasteiger partial charge < -0.3 is 15.4 Å². The summed E-state index contributed by atoms with van der Waals surface area (Å²) in [5.41, 5.74) is 4.29. The molecule has 2 aromatic rings. The van der Waals surface area contributed by atoms with Gasteiger partial charge in [0, 0.05) is 11.7 Å². The highest BCUT2D eigenvalue weighted by Gasteiger charge is 2.10. The molecule has 0 aliphatic heterocycles. The Balaban J connectivity index is 1.90. The highest BCUT2D eigenvalue weighted by Crippen LogP contribution is 2.27. The number of rotatable bonds is 6. The van der Waals surface area contributed by atoms with Gasteiger partial charge in [-0.3, -0.25) is 4.79 Å². The van der Waals surface area contributed by atoms with Gasteiger partial charge in [0.25, 0.3) is 0 Å². The van der Waals surface area contributed by atoms with E-state index < -0.39 is 0 Å². The van der Waals surface area contributed by atoms with Gasteiger partial charge in [-0.15, -0.1) is 0 Å². The van der Waals surface area contributed by atoms with Crippen LogP contribution in [-0.4, -0.2) is 19.6 Å². The molecule has 2 rings (SSSR count). The summed E-state index contributed by atoms with van der Waals surface area (Å²) in [6.45, 7) is 6.36. The van der Waals surface area contributed by atoms with Gasteiger partial charge in [-0.2, -0.15) is 0 Å². The molecule has 0 saturated carbocycles. The molecule has 0 aromatic heterocycles. The van der Waals surface area contributed by atoms with Crippen LogP contribution < -0.4 is 15.4 Å². The normalized spacial score (nSPS) is 11.9. The molecule has 0 saturated heterocycles. The Bertz CT molecular complexity index is 731. The number of carbonyl (C=O) groups is 1. The van der Waals surface area contributed by atoms with E-state index in [1.807, 2.05) is 50.2 Å². The lowest BCUT2D eigenvalue weighted by atomic mass is 10.1. The SMILES string of the molecule is COc1ccc([C@@H](C)NCC(=O)Nc2ccc(C)c(C)c2)cc1Br. The fraction of sp³-hybridized carbons (Fsp3) is 0.316. The third-order valence-corrected chi connectivity index (χ3v) is 4.66. The van der Waals surface area contributed by atoms with E-state index >= 15 is 0 Å². The lowest BCUT2D eigenvalue weighted by Gasteiger charge is -2.16. The average molecular weight is 391 g/mol. The van der Waals surface area contributed by atoms with Crippen molar-refractivity contribution in [1.29, 1.82) is 0 Å². The summed E-state index contributed by atoms with van der Waals surface area (Å²) in [6, 6.07) is 11.9. The summed E-state index contributed by atoms with van der Waals surface area (Å²) >= 11 is 3.48. The van der Waals surface area contributed by atoms with E-state index in [1.54, 1.807) is 7.11 Å². The number of amides is 1. The minimum Gasteiger partial charge on any atom is -0.496 e. The maximum absolute atomic E-state index is 12.1. The van der Waals surface area contributed by atoms with Crippen molar-refractivity contribution in [2.75, 3.05) is 19.0 Å². The van der Waals surface area contributed by atoms with Crippen LogP contribution in [0.25, 0.3) is 0 Å². The molecule has 0 aliphatic rings. The van der Waals surface area contributed by atoms with Gasteiger partial charge in [0.05, 0.1) is 18.1 Å². The number of nitrogens with one attached hydrogen (secondary N) is 2. The van der Waals surface area contributed by atoms with Crippen LogP contribution in [0, 0.1) is 13.8 Å². The summed E-state index contributed by atoms with van der Waals surface area (Å²) < 4.78 is 6.13. The summed E-state index contributed by atoms with van der Waals surface area (Å²) in [4.78, 5) is 12.1. The first-order valence-electron chi connectivity index (χ1n) is 7.84. The van der Waals surface area contributed by atoms with E-state index in [1.165, 1.54) is 5.56 Å². The quantitative estimate of drug-likeness (QED) is 0.769. The van der Waals surface area contributed by atoms with Crippen molar-refractivity contribution >= 4 is 27.5 Å². The minimum absolute atomic E-state index is 0.0534. The monoisotopic (exact) mass is 390 g/mol. The molecule has 2 aromatic carbocycles. The molecule has 0 fully saturated rings. The van der Waals surface area contributed by atoms with E-state index in [0.29, 0.717) is 0 Å². The van der Waals surface area contributed by atoms with Gasteiger partial charge in [0.2, 0.25) is 5.91 Å². The van der Waals surface area contributed by atoms with Crippen LogP contribution in [0.4, 0.5) is 5.69 Å². The van der Waals surface area contributed by atoms with Crippen LogP contribution in [-0.2, 0) is 4.79 Å². The standard InChI is InChI=1S/C19H23BrN2O2/c1-12-5-7-16(9-13(12)2)22-19(23)11-21-14(3)15-6-8-18(24-4)17(20)10-15/h5-10,14,21H,11H2,1-4H3,(H,22,23)/t14-/m1/s1. The largest absolute Gasteiger partial charge is 0.496 e. The smallest absolute Gasteiger partial charge is 0.238 e. The van der Waals surface area contributed by atoms with Gasteiger partial charge in [0.1, 0.15) is 5.75 Å². The van der Waals surface area contributed by atoms with Gasteiger partial charge in [-0.05, 0) is 77.7 Å². The Hall–Kier alpha value is -1.85. The van der Waals surface area contributed by atoms with Gasteiger partial charge in [-0.25, -0.2) is 0 Å². The molecular weight excluding hydrogens is 368 g/mol. The zero-order valence-electron chi connectivity index (χ0n) is 14.4. The van der Waals surface area contributed by atoms with Crippen molar-refractivity contribution in [2.45, 2.75) is 26.8 Å².